The van der Waals surface area contributed by atoms with Crippen LogP contribution in [0.4, 0.5) is 0 Å². The van der Waals surface area contributed by atoms with Gasteiger partial charge in [-0.1, -0.05) is 13.8 Å². The van der Waals surface area contributed by atoms with Crippen LogP contribution in [0.15, 0.2) is 0 Å². The number of epoxide rings is 2. The largest absolute Gasteiger partial charge is 0.463 e. The van der Waals surface area contributed by atoms with E-state index >= 15 is 0 Å². The fraction of sp³-hybridized carbons (Fsp3) is 0.938. The molecule has 20 heavy (non-hydrogen) atoms. The Hall–Kier alpha value is -0.610. The topological polar surface area (TPSA) is 51.4 Å². The van der Waals surface area contributed by atoms with Crippen molar-refractivity contribution < 1.29 is 19.0 Å². The number of esters is 1. The molecule has 0 aromatic heterocycles. The van der Waals surface area contributed by atoms with Gasteiger partial charge in [0.1, 0.15) is 0 Å². The van der Waals surface area contributed by atoms with Crippen molar-refractivity contribution in [1.29, 1.82) is 0 Å². The highest BCUT2D eigenvalue weighted by Gasteiger charge is 2.65. The molecule has 0 N–H and O–H groups in total. The maximum atomic E-state index is 12.3. The van der Waals surface area contributed by atoms with Crippen molar-refractivity contribution in [3.8, 4) is 0 Å². The smallest absolute Gasteiger partial charge is 0.341 e. The van der Waals surface area contributed by atoms with Gasteiger partial charge < -0.3 is 14.2 Å². The molecule has 4 aliphatic rings. The van der Waals surface area contributed by atoms with E-state index in [1.165, 1.54) is 6.42 Å². The Kier molecular flexibility index (Phi) is 2.90. The van der Waals surface area contributed by atoms with Gasteiger partial charge >= 0.3 is 5.97 Å². The molecule has 0 aromatic rings. The highest BCUT2D eigenvalue weighted by atomic mass is 16.7. The van der Waals surface area contributed by atoms with Gasteiger partial charge in [-0.2, -0.15) is 0 Å². The first-order valence-corrected chi connectivity index (χ1v) is 8.09. The van der Waals surface area contributed by atoms with Gasteiger partial charge in [0.2, 0.25) is 0 Å². The first-order valence-electron chi connectivity index (χ1n) is 8.09. The van der Waals surface area contributed by atoms with Crippen LogP contribution >= 0.6 is 0 Å². The summed E-state index contributed by atoms with van der Waals surface area (Å²) >= 11 is 0. The Balaban J connectivity index is 1.30. The third-order valence-electron chi connectivity index (χ3n) is 5.64. The monoisotopic (exact) mass is 280 g/mol. The molecule has 4 rings (SSSR count). The molecule has 4 heteroatoms. The number of carbonyl (C=O) groups is 1. The zero-order valence-corrected chi connectivity index (χ0v) is 12.3. The SMILES string of the molecule is CC1CCC2OC2(C(=O)OCC2CC(C)C3OC3C2)C1. The maximum Gasteiger partial charge on any atom is 0.341 e. The number of fused-ring (bicyclic) bond motifs is 2. The molecular formula is C16H24O4. The summed E-state index contributed by atoms with van der Waals surface area (Å²) in [6.07, 6.45) is 6.22. The summed E-state index contributed by atoms with van der Waals surface area (Å²) in [5, 5.41) is 0. The quantitative estimate of drug-likeness (QED) is 0.588. The number of rotatable bonds is 3. The second kappa shape index (κ2) is 4.44. The highest BCUT2D eigenvalue weighted by molar-refractivity contribution is 5.83. The van der Waals surface area contributed by atoms with Gasteiger partial charge in [-0.15, -0.1) is 0 Å². The summed E-state index contributed by atoms with van der Waals surface area (Å²) in [5.74, 6) is 1.53. The molecule has 0 spiro atoms. The van der Waals surface area contributed by atoms with Crippen molar-refractivity contribution in [2.75, 3.05) is 6.61 Å². The molecule has 0 amide bonds. The molecule has 0 radical (unpaired) electrons. The Labute approximate surface area is 120 Å². The van der Waals surface area contributed by atoms with Crippen molar-refractivity contribution in [2.24, 2.45) is 17.8 Å². The Morgan fingerprint density at radius 2 is 2.15 bits per heavy atom. The van der Waals surface area contributed by atoms with E-state index in [1.807, 2.05) is 0 Å². The van der Waals surface area contributed by atoms with Crippen LogP contribution in [0.2, 0.25) is 0 Å². The summed E-state index contributed by atoms with van der Waals surface area (Å²) in [6, 6.07) is 0. The zero-order chi connectivity index (χ0) is 13.9. The molecule has 4 nitrogen and oxygen atoms in total. The molecule has 2 aliphatic heterocycles. The Morgan fingerprint density at radius 1 is 1.30 bits per heavy atom. The van der Waals surface area contributed by atoms with Crippen LogP contribution in [0, 0.1) is 17.8 Å². The van der Waals surface area contributed by atoms with E-state index in [4.69, 9.17) is 14.2 Å². The molecule has 0 bridgehead atoms. The molecule has 0 aromatic carbocycles. The summed E-state index contributed by atoms with van der Waals surface area (Å²) < 4.78 is 16.9. The third-order valence-corrected chi connectivity index (χ3v) is 5.64. The lowest BCUT2D eigenvalue weighted by Gasteiger charge is -2.25. The minimum atomic E-state index is -0.573. The molecule has 112 valence electrons. The second-order valence-electron chi connectivity index (χ2n) is 7.43. The van der Waals surface area contributed by atoms with Gasteiger partial charge in [0.15, 0.2) is 5.60 Å². The first-order chi connectivity index (χ1) is 9.58. The summed E-state index contributed by atoms with van der Waals surface area (Å²) in [7, 11) is 0. The lowest BCUT2D eigenvalue weighted by Crippen LogP contribution is -2.36. The summed E-state index contributed by atoms with van der Waals surface area (Å²) in [6.45, 7) is 4.97. The molecule has 4 fully saturated rings. The number of carbonyl (C=O) groups excluding carboxylic acids is 1. The molecular weight excluding hydrogens is 256 g/mol. The Morgan fingerprint density at radius 3 is 2.95 bits per heavy atom. The molecule has 2 heterocycles. The molecule has 2 saturated carbocycles. The van der Waals surface area contributed by atoms with Crippen molar-refractivity contribution in [2.45, 2.75) is 69.9 Å². The number of ether oxygens (including phenoxy) is 3. The van der Waals surface area contributed by atoms with E-state index in [1.54, 1.807) is 0 Å². The van der Waals surface area contributed by atoms with Crippen LogP contribution < -0.4 is 0 Å². The van der Waals surface area contributed by atoms with Crippen molar-refractivity contribution in [3.05, 3.63) is 0 Å². The van der Waals surface area contributed by atoms with Gasteiger partial charge in [0.25, 0.3) is 0 Å². The zero-order valence-electron chi connectivity index (χ0n) is 12.3. The van der Waals surface area contributed by atoms with Crippen LogP contribution in [-0.2, 0) is 19.0 Å². The van der Waals surface area contributed by atoms with E-state index in [-0.39, 0.29) is 12.1 Å². The first kappa shape index (κ1) is 13.1. The summed E-state index contributed by atoms with van der Waals surface area (Å²) in [4.78, 5) is 12.3. The van der Waals surface area contributed by atoms with E-state index in [0.717, 1.165) is 25.7 Å². The Bertz CT molecular complexity index is 423. The van der Waals surface area contributed by atoms with Gasteiger partial charge in [-0.05, 0) is 49.9 Å². The minimum absolute atomic E-state index is 0.111. The average molecular weight is 280 g/mol. The fourth-order valence-electron chi connectivity index (χ4n) is 4.39. The molecule has 7 atom stereocenters. The van der Waals surface area contributed by atoms with Gasteiger partial charge in [-0.3, -0.25) is 0 Å². The second-order valence-corrected chi connectivity index (χ2v) is 7.43. The fourth-order valence-corrected chi connectivity index (χ4v) is 4.39. The molecule has 7 unspecified atom stereocenters. The minimum Gasteiger partial charge on any atom is -0.463 e. The number of hydrogen-bond donors (Lipinski definition) is 0. The van der Waals surface area contributed by atoms with Crippen LogP contribution in [0.5, 0.6) is 0 Å². The lowest BCUT2D eigenvalue weighted by molar-refractivity contribution is -0.152. The van der Waals surface area contributed by atoms with E-state index < -0.39 is 5.60 Å². The third kappa shape index (κ3) is 2.08. The van der Waals surface area contributed by atoms with Gasteiger partial charge in [0, 0.05) is 0 Å². The van der Waals surface area contributed by atoms with E-state index in [0.29, 0.717) is 36.6 Å². The van der Waals surface area contributed by atoms with Crippen molar-refractivity contribution in [3.63, 3.8) is 0 Å². The highest BCUT2D eigenvalue weighted by Crippen LogP contribution is 2.50. The molecule has 2 saturated heterocycles. The standard InChI is InChI=1S/C16H24O4/c1-9-3-4-13-16(7-9,20-13)15(17)18-8-11-5-10(2)14-12(6-11)19-14/h9-14H,3-8H2,1-2H3. The predicted octanol–water partition coefficient (Wildman–Crippen LogP) is 2.30. The van der Waals surface area contributed by atoms with Crippen LogP contribution in [0.25, 0.3) is 0 Å². The van der Waals surface area contributed by atoms with Crippen LogP contribution in [0.3, 0.4) is 0 Å². The predicted molar refractivity (Wildman–Crippen MR) is 72.1 cm³/mol. The van der Waals surface area contributed by atoms with Crippen molar-refractivity contribution >= 4 is 5.97 Å². The van der Waals surface area contributed by atoms with E-state index in [9.17, 15) is 4.79 Å². The summed E-state index contributed by atoms with van der Waals surface area (Å²) in [5.41, 5.74) is -0.573. The van der Waals surface area contributed by atoms with Crippen LogP contribution in [-0.4, -0.2) is 36.5 Å². The average Bonchev–Trinajstić information content (AvgIpc) is 3.28. The molecule has 2 aliphatic carbocycles. The van der Waals surface area contributed by atoms with Gasteiger partial charge in [-0.25, -0.2) is 4.79 Å². The maximum absolute atomic E-state index is 12.3. The van der Waals surface area contributed by atoms with Crippen LogP contribution in [0.1, 0.15) is 46.0 Å². The van der Waals surface area contributed by atoms with E-state index in [2.05, 4.69) is 13.8 Å². The number of hydrogen-bond acceptors (Lipinski definition) is 4. The van der Waals surface area contributed by atoms with Crippen molar-refractivity contribution in [1.82, 2.24) is 0 Å². The lowest BCUT2D eigenvalue weighted by atomic mass is 9.82. The normalized spacial score (nSPS) is 52.7. The van der Waals surface area contributed by atoms with Gasteiger partial charge in [0.05, 0.1) is 24.9 Å².